The second-order valence-electron chi connectivity index (χ2n) is 12.8. The standard InChI is InChI=1S/C29H44N2O6/c1-15(2)10-17-4-5-19-18-6-7-21-20-13-36-14-29(21,12-23(31-16(3)32)27(20)37-9-8-30)22(18)11-24(33)26(19)25(17)28(34)35/h11,15,17-21,23,25-27H,4-10,12-14,30H2,1-3H3,(H,31,32)(H,34,35)/t17?,18?,19?,20?,21?,23-,25?,26?,27-,29-/m1/s1. The highest BCUT2D eigenvalue weighted by Crippen LogP contribution is 2.64. The van der Waals surface area contributed by atoms with Crippen LogP contribution in [0, 0.1) is 52.8 Å². The number of nitrogens with two attached hydrogens (primary N) is 1. The number of rotatable bonds is 7. The molecule has 7 unspecified atom stereocenters. The summed E-state index contributed by atoms with van der Waals surface area (Å²) in [7, 11) is 0. The lowest BCUT2D eigenvalue weighted by Gasteiger charge is -2.63. The molecule has 0 spiro atoms. The van der Waals surface area contributed by atoms with E-state index in [4.69, 9.17) is 15.2 Å². The van der Waals surface area contributed by atoms with E-state index in [2.05, 4.69) is 19.2 Å². The predicted octanol–water partition coefficient (Wildman–Crippen LogP) is 2.80. The number of aliphatic carboxylic acids is 1. The Labute approximate surface area is 220 Å². The number of carbonyl (C=O) groups excluding carboxylic acids is 2. The molecule has 0 aromatic heterocycles. The fourth-order valence-corrected chi connectivity index (χ4v) is 9.31. The number of hydrogen-bond donors (Lipinski definition) is 3. The molecule has 206 valence electrons. The average Bonchev–Trinajstić information content (AvgIpc) is 2.82. The summed E-state index contributed by atoms with van der Waals surface area (Å²) in [5.74, 6) is -0.807. The third kappa shape index (κ3) is 4.57. The summed E-state index contributed by atoms with van der Waals surface area (Å²) in [6.45, 7) is 7.76. The molecule has 37 heavy (non-hydrogen) atoms. The minimum atomic E-state index is -0.818. The molecule has 8 nitrogen and oxygen atoms in total. The van der Waals surface area contributed by atoms with Gasteiger partial charge in [0, 0.05) is 30.7 Å². The van der Waals surface area contributed by atoms with Crippen LogP contribution < -0.4 is 11.1 Å². The van der Waals surface area contributed by atoms with Crippen molar-refractivity contribution in [1.82, 2.24) is 5.32 Å². The minimum absolute atomic E-state index is 0.00756. The van der Waals surface area contributed by atoms with Gasteiger partial charge >= 0.3 is 5.97 Å². The molecule has 1 heterocycles. The van der Waals surface area contributed by atoms with E-state index < -0.39 is 17.8 Å². The molecule has 1 saturated heterocycles. The summed E-state index contributed by atoms with van der Waals surface area (Å²) in [4.78, 5) is 38.5. The number of fused-ring (bicyclic) bond motifs is 3. The first-order chi connectivity index (χ1) is 17.7. The van der Waals surface area contributed by atoms with Crippen LogP contribution in [0.3, 0.4) is 0 Å². The molecule has 4 fully saturated rings. The molecule has 0 aromatic rings. The van der Waals surface area contributed by atoms with Crippen molar-refractivity contribution in [1.29, 1.82) is 0 Å². The van der Waals surface area contributed by atoms with Gasteiger partial charge in [-0.1, -0.05) is 19.4 Å². The molecule has 1 aliphatic heterocycles. The molecular weight excluding hydrogens is 472 g/mol. The highest BCUT2D eigenvalue weighted by atomic mass is 16.5. The van der Waals surface area contributed by atoms with E-state index in [1.165, 1.54) is 12.5 Å². The van der Waals surface area contributed by atoms with Gasteiger partial charge in [0.25, 0.3) is 0 Å². The van der Waals surface area contributed by atoms with Gasteiger partial charge in [0.05, 0.1) is 37.9 Å². The molecule has 10 atom stereocenters. The van der Waals surface area contributed by atoms with E-state index in [0.29, 0.717) is 44.6 Å². The Balaban J connectivity index is 1.51. The maximum Gasteiger partial charge on any atom is 0.307 e. The first-order valence-corrected chi connectivity index (χ1v) is 14.3. The number of carboxylic acids is 1. The van der Waals surface area contributed by atoms with Crippen LogP contribution in [0.15, 0.2) is 11.6 Å². The van der Waals surface area contributed by atoms with Crippen molar-refractivity contribution in [2.24, 2.45) is 58.5 Å². The molecule has 3 saturated carbocycles. The van der Waals surface area contributed by atoms with Gasteiger partial charge in [-0.2, -0.15) is 0 Å². The molecule has 0 aromatic carbocycles. The smallest absolute Gasteiger partial charge is 0.307 e. The molecule has 5 rings (SSSR count). The van der Waals surface area contributed by atoms with E-state index in [9.17, 15) is 19.5 Å². The van der Waals surface area contributed by atoms with Gasteiger partial charge in [-0.3, -0.25) is 14.4 Å². The van der Waals surface area contributed by atoms with Crippen molar-refractivity contribution in [3.8, 4) is 0 Å². The Morgan fingerprint density at radius 2 is 2.03 bits per heavy atom. The second-order valence-corrected chi connectivity index (χ2v) is 12.8. The summed E-state index contributed by atoms with van der Waals surface area (Å²) in [6, 6.07) is -0.171. The third-order valence-electron chi connectivity index (χ3n) is 10.3. The van der Waals surface area contributed by atoms with Crippen molar-refractivity contribution >= 4 is 17.7 Å². The maximum absolute atomic E-state index is 13.8. The molecule has 5 aliphatic rings. The number of nitrogens with one attached hydrogen (secondary N) is 1. The normalized spacial score (nSPS) is 42.8. The number of amides is 1. The lowest BCUT2D eigenvalue weighted by Crippen LogP contribution is -2.66. The Morgan fingerprint density at radius 3 is 2.70 bits per heavy atom. The van der Waals surface area contributed by atoms with E-state index in [1.807, 2.05) is 6.08 Å². The van der Waals surface area contributed by atoms with E-state index in [0.717, 1.165) is 32.1 Å². The Hall–Kier alpha value is -1.77. The summed E-state index contributed by atoms with van der Waals surface area (Å²) < 4.78 is 12.5. The van der Waals surface area contributed by atoms with E-state index in [-0.39, 0.29) is 52.9 Å². The van der Waals surface area contributed by atoms with Crippen LogP contribution in [0.5, 0.6) is 0 Å². The molecule has 4 aliphatic carbocycles. The van der Waals surface area contributed by atoms with Crippen molar-refractivity contribution in [3.63, 3.8) is 0 Å². The third-order valence-corrected chi connectivity index (χ3v) is 10.3. The first-order valence-electron chi connectivity index (χ1n) is 14.3. The van der Waals surface area contributed by atoms with Crippen molar-refractivity contribution in [3.05, 3.63) is 11.6 Å². The van der Waals surface area contributed by atoms with Crippen LogP contribution >= 0.6 is 0 Å². The monoisotopic (exact) mass is 516 g/mol. The predicted molar refractivity (Wildman–Crippen MR) is 137 cm³/mol. The van der Waals surface area contributed by atoms with Crippen LogP contribution in [-0.4, -0.2) is 61.3 Å². The van der Waals surface area contributed by atoms with Gasteiger partial charge in [-0.05, 0) is 74.2 Å². The summed E-state index contributed by atoms with van der Waals surface area (Å²) in [6.07, 6.45) is 6.94. The van der Waals surface area contributed by atoms with Gasteiger partial charge < -0.3 is 25.6 Å². The lowest BCUT2D eigenvalue weighted by atomic mass is 9.44. The van der Waals surface area contributed by atoms with Crippen molar-refractivity contribution in [2.45, 2.75) is 71.4 Å². The number of carboxylic acid groups (broad SMARTS) is 1. The van der Waals surface area contributed by atoms with Crippen molar-refractivity contribution in [2.75, 3.05) is 26.4 Å². The zero-order chi connectivity index (χ0) is 26.5. The number of allylic oxidation sites excluding steroid dienone is 1. The van der Waals surface area contributed by atoms with Crippen molar-refractivity contribution < 1.29 is 29.0 Å². The molecule has 8 heteroatoms. The fraction of sp³-hybridized carbons (Fsp3) is 0.828. The second kappa shape index (κ2) is 10.4. The largest absolute Gasteiger partial charge is 0.481 e. The maximum atomic E-state index is 13.8. The van der Waals surface area contributed by atoms with Gasteiger partial charge in [0.2, 0.25) is 5.91 Å². The number of ether oxygens (including phenoxy) is 2. The zero-order valence-electron chi connectivity index (χ0n) is 22.5. The Bertz CT molecular complexity index is 949. The molecule has 0 radical (unpaired) electrons. The molecular formula is C29H44N2O6. The van der Waals surface area contributed by atoms with Gasteiger partial charge in [-0.15, -0.1) is 0 Å². The van der Waals surface area contributed by atoms with E-state index >= 15 is 0 Å². The summed E-state index contributed by atoms with van der Waals surface area (Å²) in [5.41, 5.74) is 6.59. The molecule has 2 bridgehead atoms. The Morgan fingerprint density at radius 1 is 1.24 bits per heavy atom. The highest BCUT2D eigenvalue weighted by Gasteiger charge is 2.63. The summed E-state index contributed by atoms with van der Waals surface area (Å²) in [5, 5.41) is 13.4. The van der Waals surface area contributed by atoms with Gasteiger partial charge in [0.1, 0.15) is 0 Å². The molecule has 4 N–H and O–H groups in total. The van der Waals surface area contributed by atoms with Gasteiger partial charge in [0.15, 0.2) is 5.78 Å². The fourth-order valence-electron chi connectivity index (χ4n) is 9.31. The SMILES string of the molecule is CC(=O)N[C@@H]1C[C@@]23COCC(C2CCC2C3=CC(=O)C3C2CCC(CC(C)C)C3C(=O)O)[C@H]1OCCN. The zero-order valence-corrected chi connectivity index (χ0v) is 22.5. The quantitative estimate of drug-likeness (QED) is 0.475. The molecule has 1 amide bonds. The minimum Gasteiger partial charge on any atom is -0.481 e. The van der Waals surface area contributed by atoms with Crippen LogP contribution in [-0.2, 0) is 23.9 Å². The topological polar surface area (TPSA) is 128 Å². The van der Waals surface area contributed by atoms with Crippen LogP contribution in [0.4, 0.5) is 0 Å². The van der Waals surface area contributed by atoms with Crippen LogP contribution in [0.25, 0.3) is 0 Å². The van der Waals surface area contributed by atoms with Gasteiger partial charge in [-0.25, -0.2) is 0 Å². The average molecular weight is 517 g/mol. The van der Waals surface area contributed by atoms with Crippen LogP contribution in [0.2, 0.25) is 0 Å². The Kier molecular flexibility index (Phi) is 7.55. The van der Waals surface area contributed by atoms with E-state index in [1.54, 1.807) is 0 Å². The highest BCUT2D eigenvalue weighted by molar-refractivity contribution is 5.97. The first kappa shape index (κ1) is 26.8. The lowest BCUT2D eigenvalue weighted by molar-refractivity contribution is -0.189. The summed E-state index contributed by atoms with van der Waals surface area (Å²) >= 11 is 0. The number of hydrogen-bond acceptors (Lipinski definition) is 6. The number of carbonyl (C=O) groups is 3. The number of ketones is 1. The van der Waals surface area contributed by atoms with Crippen LogP contribution in [0.1, 0.15) is 59.3 Å².